The third-order valence-electron chi connectivity index (χ3n) is 4.98. The first kappa shape index (κ1) is 18.8. The number of amides is 1. The molecule has 1 aromatic carbocycles. The van der Waals surface area contributed by atoms with Crippen molar-refractivity contribution in [3.8, 4) is 5.82 Å². The van der Waals surface area contributed by atoms with Gasteiger partial charge in [0.2, 0.25) is 0 Å². The van der Waals surface area contributed by atoms with E-state index in [1.165, 1.54) is 29.1 Å². The zero-order valence-corrected chi connectivity index (χ0v) is 16.0. The molecule has 0 saturated carbocycles. The number of carbonyl (C=O) groups excluding carboxylic acids is 2. The lowest BCUT2D eigenvalue weighted by Gasteiger charge is -2.27. The van der Waals surface area contributed by atoms with Crippen LogP contribution in [-0.4, -0.2) is 37.7 Å². The van der Waals surface area contributed by atoms with Crippen LogP contribution >= 0.6 is 0 Å². The molecule has 0 spiro atoms. The maximum absolute atomic E-state index is 12.6. The van der Waals surface area contributed by atoms with Gasteiger partial charge in [0.05, 0.1) is 11.6 Å². The van der Waals surface area contributed by atoms with Crippen molar-refractivity contribution in [2.75, 3.05) is 0 Å². The van der Waals surface area contributed by atoms with Gasteiger partial charge in [0.1, 0.15) is 12.7 Å². The molecule has 1 aliphatic carbocycles. The van der Waals surface area contributed by atoms with Crippen LogP contribution in [0.4, 0.5) is 0 Å². The number of aromatic nitrogens is 4. The summed E-state index contributed by atoms with van der Waals surface area (Å²) in [5, 5.41) is 6.99. The molecule has 2 atom stereocenters. The van der Waals surface area contributed by atoms with Gasteiger partial charge in [0.25, 0.3) is 5.91 Å². The van der Waals surface area contributed by atoms with Crippen LogP contribution in [0.3, 0.4) is 0 Å². The highest BCUT2D eigenvalue weighted by atomic mass is 16.5. The highest BCUT2D eigenvalue weighted by molar-refractivity contribution is 5.92. The zero-order chi connectivity index (χ0) is 20.2. The van der Waals surface area contributed by atoms with Crippen molar-refractivity contribution in [2.24, 2.45) is 0 Å². The minimum Gasteiger partial charge on any atom is -0.449 e. The Morgan fingerprint density at radius 2 is 2.10 bits per heavy atom. The van der Waals surface area contributed by atoms with E-state index in [9.17, 15) is 9.59 Å². The smallest absolute Gasteiger partial charge is 0.340 e. The Kier molecular flexibility index (Phi) is 5.33. The molecule has 148 valence electrons. The number of esters is 1. The van der Waals surface area contributed by atoms with Crippen LogP contribution in [-0.2, 0) is 16.0 Å². The van der Waals surface area contributed by atoms with E-state index in [-0.39, 0.29) is 17.5 Å². The molecule has 1 aliphatic rings. The van der Waals surface area contributed by atoms with Crippen molar-refractivity contribution in [1.82, 2.24) is 25.1 Å². The second-order valence-corrected chi connectivity index (χ2v) is 6.94. The number of ether oxygens (including phenoxy) is 1. The van der Waals surface area contributed by atoms with Crippen molar-refractivity contribution < 1.29 is 14.3 Å². The van der Waals surface area contributed by atoms with Crippen LogP contribution in [0.5, 0.6) is 0 Å². The number of aryl methyl sites for hydroxylation is 1. The van der Waals surface area contributed by atoms with E-state index in [4.69, 9.17) is 4.74 Å². The van der Waals surface area contributed by atoms with Gasteiger partial charge in [-0.05, 0) is 49.4 Å². The van der Waals surface area contributed by atoms with Crippen molar-refractivity contribution in [1.29, 1.82) is 0 Å². The number of fused-ring (bicyclic) bond motifs is 1. The van der Waals surface area contributed by atoms with Gasteiger partial charge in [-0.15, -0.1) is 0 Å². The summed E-state index contributed by atoms with van der Waals surface area (Å²) < 4.78 is 6.81. The fraction of sp³-hybridized carbons (Fsp3) is 0.286. The molecular weight excluding hydrogens is 370 g/mol. The Balaban J connectivity index is 1.37. The molecule has 1 N–H and O–H groups in total. The van der Waals surface area contributed by atoms with E-state index in [1.54, 1.807) is 19.1 Å². The summed E-state index contributed by atoms with van der Waals surface area (Å²) in [6, 6.07) is 11.3. The van der Waals surface area contributed by atoms with Gasteiger partial charge < -0.3 is 10.1 Å². The Labute approximate surface area is 167 Å². The van der Waals surface area contributed by atoms with Gasteiger partial charge in [-0.1, -0.05) is 24.3 Å². The summed E-state index contributed by atoms with van der Waals surface area (Å²) in [6.45, 7) is 1.57. The molecule has 0 fully saturated rings. The topological polar surface area (TPSA) is 99.0 Å². The standard InChI is InChI=1S/C21H21N5O3/c1-14(20(27)25-18-8-4-6-15-5-2-3-7-17(15)18)29-21(28)16-9-10-19(23-11-16)26-13-22-12-24-26/h2-3,5,7,9-14,18H,4,6,8H2,1H3,(H,25,27)/t14-,18+/m0/s1. The van der Waals surface area contributed by atoms with Crippen molar-refractivity contribution in [2.45, 2.75) is 38.3 Å². The lowest BCUT2D eigenvalue weighted by atomic mass is 9.87. The number of hydrogen-bond donors (Lipinski definition) is 1. The molecular formula is C21H21N5O3. The van der Waals surface area contributed by atoms with E-state index in [2.05, 4.69) is 26.4 Å². The summed E-state index contributed by atoms with van der Waals surface area (Å²) in [5.41, 5.74) is 2.65. The first-order valence-corrected chi connectivity index (χ1v) is 9.52. The number of nitrogens with one attached hydrogen (secondary N) is 1. The minimum absolute atomic E-state index is 0.0581. The van der Waals surface area contributed by atoms with Gasteiger partial charge in [0, 0.05) is 6.20 Å². The third-order valence-corrected chi connectivity index (χ3v) is 4.98. The summed E-state index contributed by atoms with van der Waals surface area (Å²) in [5.74, 6) is -0.387. The summed E-state index contributed by atoms with van der Waals surface area (Å²) in [6.07, 6.45) is 6.29. The molecule has 2 aromatic heterocycles. The van der Waals surface area contributed by atoms with E-state index >= 15 is 0 Å². The van der Waals surface area contributed by atoms with Gasteiger partial charge in [-0.3, -0.25) is 4.79 Å². The first-order chi connectivity index (χ1) is 14.1. The van der Waals surface area contributed by atoms with Crippen LogP contribution in [0.1, 0.15) is 47.3 Å². The zero-order valence-electron chi connectivity index (χ0n) is 16.0. The molecule has 4 rings (SSSR count). The van der Waals surface area contributed by atoms with Crippen LogP contribution < -0.4 is 5.32 Å². The van der Waals surface area contributed by atoms with Crippen LogP contribution in [0, 0.1) is 0 Å². The molecule has 1 amide bonds. The number of benzene rings is 1. The maximum atomic E-state index is 12.6. The highest BCUT2D eigenvalue weighted by Gasteiger charge is 2.25. The highest BCUT2D eigenvalue weighted by Crippen LogP contribution is 2.29. The van der Waals surface area contributed by atoms with Crippen molar-refractivity contribution in [3.05, 3.63) is 71.9 Å². The minimum atomic E-state index is -0.911. The largest absolute Gasteiger partial charge is 0.449 e. The molecule has 0 aliphatic heterocycles. The predicted octanol–water partition coefficient (Wildman–Crippen LogP) is 2.40. The Bertz CT molecular complexity index is 1000. The maximum Gasteiger partial charge on any atom is 0.340 e. The molecule has 29 heavy (non-hydrogen) atoms. The quantitative estimate of drug-likeness (QED) is 0.671. The van der Waals surface area contributed by atoms with Crippen molar-refractivity contribution in [3.63, 3.8) is 0 Å². The van der Waals surface area contributed by atoms with E-state index in [0.29, 0.717) is 5.82 Å². The van der Waals surface area contributed by atoms with Gasteiger partial charge in [-0.25, -0.2) is 19.4 Å². The fourth-order valence-electron chi connectivity index (χ4n) is 3.44. The Morgan fingerprint density at radius 3 is 2.86 bits per heavy atom. The number of pyridine rings is 1. The monoisotopic (exact) mass is 391 g/mol. The lowest BCUT2D eigenvalue weighted by Crippen LogP contribution is -2.39. The van der Waals surface area contributed by atoms with Crippen LogP contribution in [0.2, 0.25) is 0 Å². The second-order valence-electron chi connectivity index (χ2n) is 6.94. The SMILES string of the molecule is C[C@H](OC(=O)c1ccc(-n2cncn2)nc1)C(=O)N[C@@H]1CCCc2ccccc21. The summed E-state index contributed by atoms with van der Waals surface area (Å²) in [7, 11) is 0. The predicted molar refractivity (Wildman–Crippen MR) is 104 cm³/mol. The van der Waals surface area contributed by atoms with Gasteiger partial charge in [0.15, 0.2) is 11.9 Å². The second kappa shape index (κ2) is 8.22. The van der Waals surface area contributed by atoms with Gasteiger partial charge >= 0.3 is 5.97 Å². The average Bonchev–Trinajstić information content (AvgIpc) is 3.29. The first-order valence-electron chi connectivity index (χ1n) is 9.52. The molecule has 0 bridgehead atoms. The number of hydrogen-bond acceptors (Lipinski definition) is 6. The summed E-state index contributed by atoms with van der Waals surface area (Å²) in [4.78, 5) is 33.0. The number of carbonyl (C=O) groups is 2. The van der Waals surface area contributed by atoms with E-state index < -0.39 is 12.1 Å². The molecule has 0 radical (unpaired) electrons. The number of nitrogens with zero attached hydrogens (tertiary/aromatic N) is 4. The third kappa shape index (κ3) is 4.16. The molecule has 8 nitrogen and oxygen atoms in total. The molecule has 2 heterocycles. The van der Waals surface area contributed by atoms with Crippen LogP contribution in [0.25, 0.3) is 5.82 Å². The lowest BCUT2D eigenvalue weighted by molar-refractivity contribution is -0.130. The van der Waals surface area contributed by atoms with E-state index in [1.807, 2.05) is 18.2 Å². The Hall–Kier alpha value is -3.55. The van der Waals surface area contributed by atoms with E-state index in [0.717, 1.165) is 24.8 Å². The summed E-state index contributed by atoms with van der Waals surface area (Å²) >= 11 is 0. The molecule has 8 heteroatoms. The van der Waals surface area contributed by atoms with Crippen molar-refractivity contribution >= 4 is 11.9 Å². The van der Waals surface area contributed by atoms with Gasteiger partial charge in [-0.2, -0.15) is 5.10 Å². The normalized spacial score (nSPS) is 16.5. The average molecular weight is 391 g/mol. The van der Waals surface area contributed by atoms with Crippen LogP contribution in [0.15, 0.2) is 55.2 Å². The molecule has 0 saturated heterocycles. The number of rotatable bonds is 5. The fourth-order valence-corrected chi connectivity index (χ4v) is 3.44. The molecule has 0 unspecified atom stereocenters. The molecule has 3 aromatic rings. The Morgan fingerprint density at radius 1 is 1.24 bits per heavy atom.